The molecule has 8 aromatic rings. The predicted octanol–water partition coefficient (Wildman–Crippen LogP) is 13.5. The monoisotopic (exact) mass is 680 g/mol. The minimum atomic E-state index is 0.0329. The van der Waals surface area contributed by atoms with Gasteiger partial charge in [-0.1, -0.05) is 129 Å². The maximum absolute atomic E-state index is 2.59. The van der Waals surface area contributed by atoms with Crippen LogP contribution >= 0.6 is 0 Å². The number of allylic oxidation sites excluding steroid dienone is 8. The molecule has 0 spiro atoms. The van der Waals surface area contributed by atoms with Gasteiger partial charge in [0.25, 0.3) is 0 Å². The summed E-state index contributed by atoms with van der Waals surface area (Å²) in [6.07, 6.45) is 15.0. The first-order valence-electron chi connectivity index (χ1n) is 19.1. The smallest absolute Gasteiger partial charge is 0.0566 e. The number of para-hydroxylation sites is 2. The van der Waals surface area contributed by atoms with Crippen LogP contribution in [0.2, 0.25) is 0 Å². The van der Waals surface area contributed by atoms with Crippen LogP contribution in [0.5, 0.6) is 0 Å². The summed E-state index contributed by atoms with van der Waals surface area (Å²) in [5, 5.41) is 5.18. The van der Waals surface area contributed by atoms with E-state index in [1.807, 2.05) is 0 Å². The first-order valence-corrected chi connectivity index (χ1v) is 19.1. The molecular formula is C51H40N2. The van der Waals surface area contributed by atoms with Crippen LogP contribution in [0.25, 0.3) is 71.6 Å². The summed E-state index contributed by atoms with van der Waals surface area (Å²) in [5.41, 5.74) is 17.2. The van der Waals surface area contributed by atoms with E-state index in [1.54, 1.807) is 0 Å². The molecule has 0 amide bonds. The highest BCUT2D eigenvalue weighted by Crippen LogP contribution is 2.53. The van der Waals surface area contributed by atoms with E-state index in [2.05, 4.69) is 187 Å². The largest absolute Gasteiger partial charge is 0.333 e. The van der Waals surface area contributed by atoms with Crippen LogP contribution in [0.15, 0.2) is 169 Å². The summed E-state index contributed by atoms with van der Waals surface area (Å²) in [4.78, 5) is 0. The van der Waals surface area contributed by atoms with Gasteiger partial charge in [0, 0.05) is 43.7 Å². The minimum Gasteiger partial charge on any atom is -0.333 e. The van der Waals surface area contributed by atoms with Crippen molar-refractivity contribution in [3.63, 3.8) is 0 Å². The molecule has 0 N–H and O–H groups in total. The molecule has 0 saturated carbocycles. The molecule has 6 aromatic carbocycles. The highest BCUT2D eigenvalue weighted by atomic mass is 15.0. The SMILES string of the molecule is CC1(C)C2=CCC(n3c4ccccc4c4cc(-c5ccc6c(c5)c5ccccc5n6-c5cccc(C6=CC=CCC6)c5)ccc43)C=C2c2ccccc21. The summed E-state index contributed by atoms with van der Waals surface area (Å²) >= 11 is 0. The Bertz CT molecular complexity index is 2950. The number of rotatable bonds is 4. The van der Waals surface area contributed by atoms with Crippen LogP contribution in [0.3, 0.4) is 0 Å². The molecule has 2 heteroatoms. The lowest BCUT2D eigenvalue weighted by Crippen LogP contribution is -2.17. The average Bonchev–Trinajstić information content (AvgIpc) is 3.81. The van der Waals surface area contributed by atoms with E-state index in [0.29, 0.717) is 0 Å². The summed E-state index contributed by atoms with van der Waals surface area (Å²) < 4.78 is 5.03. The van der Waals surface area contributed by atoms with E-state index >= 15 is 0 Å². The van der Waals surface area contributed by atoms with Gasteiger partial charge in [0.1, 0.15) is 0 Å². The van der Waals surface area contributed by atoms with Gasteiger partial charge in [0.15, 0.2) is 0 Å². The Balaban J connectivity index is 1.04. The lowest BCUT2D eigenvalue weighted by atomic mass is 9.80. The lowest BCUT2D eigenvalue weighted by molar-refractivity contribution is 0.616. The molecule has 3 aliphatic rings. The Morgan fingerprint density at radius 2 is 1.28 bits per heavy atom. The van der Waals surface area contributed by atoms with Crippen LogP contribution in [0.1, 0.15) is 55.8 Å². The van der Waals surface area contributed by atoms with E-state index in [9.17, 15) is 0 Å². The standard InChI is InChI=1S/C51H40N2/c1-51(2)45-20-9-6-17-39(45)42-32-38(25-26-46(42)51)53-48-22-11-8-19-41(48)44-31-36(24-28-50(44)53)35-23-27-49-43(30-35)40-18-7-10-21-47(40)52(49)37-16-12-15-34(29-37)33-13-4-3-5-14-33/h3-4,6-13,15-24,26-32,38H,5,14,25H2,1-2H3. The van der Waals surface area contributed by atoms with Crippen molar-refractivity contribution >= 4 is 54.8 Å². The molecule has 2 nitrogen and oxygen atoms in total. The normalized spacial score (nSPS) is 17.6. The van der Waals surface area contributed by atoms with Crippen LogP contribution in [0, 0.1) is 0 Å². The van der Waals surface area contributed by atoms with Crippen LogP contribution in [0.4, 0.5) is 0 Å². The Hall–Kier alpha value is -6.12. The maximum Gasteiger partial charge on any atom is 0.0566 e. The van der Waals surface area contributed by atoms with E-state index in [0.717, 1.165) is 19.3 Å². The second-order valence-electron chi connectivity index (χ2n) is 15.6. The lowest BCUT2D eigenvalue weighted by Gasteiger charge is -2.27. The van der Waals surface area contributed by atoms with Gasteiger partial charge in [-0.15, -0.1) is 0 Å². The minimum absolute atomic E-state index is 0.0329. The van der Waals surface area contributed by atoms with E-state index in [4.69, 9.17) is 0 Å². The van der Waals surface area contributed by atoms with Crippen molar-refractivity contribution in [1.82, 2.24) is 9.13 Å². The zero-order chi connectivity index (χ0) is 35.3. The number of benzene rings is 6. The summed E-state index contributed by atoms with van der Waals surface area (Å²) in [5.74, 6) is 0. The molecule has 254 valence electrons. The van der Waals surface area contributed by atoms with Crippen molar-refractivity contribution in [3.8, 4) is 16.8 Å². The highest BCUT2D eigenvalue weighted by molar-refractivity contribution is 6.12. The van der Waals surface area contributed by atoms with Crippen molar-refractivity contribution < 1.29 is 0 Å². The fourth-order valence-corrected chi connectivity index (χ4v) is 9.77. The van der Waals surface area contributed by atoms with Gasteiger partial charge in [0.05, 0.1) is 17.1 Å². The third-order valence-corrected chi connectivity index (χ3v) is 12.3. The number of hydrogen-bond acceptors (Lipinski definition) is 0. The number of hydrogen-bond donors (Lipinski definition) is 0. The molecule has 0 radical (unpaired) electrons. The van der Waals surface area contributed by atoms with Crippen molar-refractivity contribution in [2.45, 2.75) is 44.6 Å². The first-order chi connectivity index (χ1) is 26.0. The number of aromatic nitrogens is 2. The van der Waals surface area contributed by atoms with E-state index in [-0.39, 0.29) is 11.5 Å². The molecule has 0 saturated heterocycles. The highest BCUT2D eigenvalue weighted by Gasteiger charge is 2.39. The molecule has 2 heterocycles. The van der Waals surface area contributed by atoms with Crippen molar-refractivity contribution in [2.75, 3.05) is 0 Å². The molecule has 0 fully saturated rings. The van der Waals surface area contributed by atoms with Gasteiger partial charge < -0.3 is 9.13 Å². The third kappa shape index (κ3) is 4.51. The molecule has 2 aromatic heterocycles. The van der Waals surface area contributed by atoms with Gasteiger partial charge in [-0.2, -0.15) is 0 Å². The third-order valence-electron chi connectivity index (χ3n) is 12.3. The molecular weight excluding hydrogens is 641 g/mol. The first kappa shape index (κ1) is 30.5. The summed E-state index contributed by atoms with van der Waals surface area (Å²) in [7, 11) is 0. The Morgan fingerprint density at radius 1 is 0.604 bits per heavy atom. The van der Waals surface area contributed by atoms with Crippen LogP contribution in [-0.2, 0) is 5.41 Å². The summed E-state index contributed by atoms with van der Waals surface area (Å²) in [6.45, 7) is 4.75. The molecule has 53 heavy (non-hydrogen) atoms. The van der Waals surface area contributed by atoms with Gasteiger partial charge in [-0.25, -0.2) is 0 Å². The number of fused-ring (bicyclic) bond motifs is 9. The van der Waals surface area contributed by atoms with E-state index in [1.165, 1.54) is 93.8 Å². The van der Waals surface area contributed by atoms with E-state index < -0.39 is 0 Å². The molecule has 1 atom stereocenters. The Kier molecular flexibility index (Phi) is 6.58. The van der Waals surface area contributed by atoms with Crippen LogP contribution < -0.4 is 0 Å². The van der Waals surface area contributed by atoms with Gasteiger partial charge in [-0.05, 0) is 112 Å². The fourth-order valence-electron chi connectivity index (χ4n) is 9.77. The molecule has 0 aliphatic heterocycles. The Labute approximate surface area is 310 Å². The second-order valence-corrected chi connectivity index (χ2v) is 15.6. The average molecular weight is 681 g/mol. The van der Waals surface area contributed by atoms with Crippen LogP contribution in [-0.4, -0.2) is 9.13 Å². The second kappa shape index (κ2) is 11.4. The molecule has 0 bridgehead atoms. The Morgan fingerprint density at radius 3 is 2.09 bits per heavy atom. The van der Waals surface area contributed by atoms with Crippen molar-refractivity contribution in [2.24, 2.45) is 0 Å². The summed E-state index contributed by atoms with van der Waals surface area (Å²) in [6, 6.07) is 50.3. The van der Waals surface area contributed by atoms with Gasteiger partial charge in [0.2, 0.25) is 0 Å². The molecule has 1 unspecified atom stereocenters. The topological polar surface area (TPSA) is 9.86 Å². The zero-order valence-electron chi connectivity index (χ0n) is 30.2. The quantitative estimate of drug-likeness (QED) is 0.175. The van der Waals surface area contributed by atoms with Gasteiger partial charge >= 0.3 is 0 Å². The molecule has 3 aliphatic carbocycles. The molecule has 11 rings (SSSR count). The fraction of sp³-hybridized carbons (Fsp3) is 0.137. The van der Waals surface area contributed by atoms with Gasteiger partial charge in [-0.3, -0.25) is 0 Å². The predicted molar refractivity (Wildman–Crippen MR) is 225 cm³/mol. The number of nitrogens with zero attached hydrogens (tertiary/aromatic N) is 2. The maximum atomic E-state index is 2.59. The van der Waals surface area contributed by atoms with Crippen molar-refractivity contribution in [1.29, 1.82) is 0 Å². The van der Waals surface area contributed by atoms with Crippen molar-refractivity contribution in [3.05, 3.63) is 186 Å². The zero-order valence-corrected chi connectivity index (χ0v) is 30.2.